The van der Waals surface area contributed by atoms with E-state index >= 15 is 0 Å². The standard InChI is InChI=1S/C27H20O2/c28-26(15-11-20-9-13-22-5-1-3-7-24(22)17-20)19-27(29)16-12-21-10-14-23-6-2-4-8-25(23)18-21/h1-18H,19H2. The van der Waals surface area contributed by atoms with Gasteiger partial charge < -0.3 is 0 Å². The molecule has 0 spiro atoms. The summed E-state index contributed by atoms with van der Waals surface area (Å²) in [7, 11) is 0. The Labute approximate surface area is 169 Å². The summed E-state index contributed by atoms with van der Waals surface area (Å²) in [5, 5.41) is 4.56. The Hall–Kier alpha value is -3.78. The summed E-state index contributed by atoms with van der Waals surface area (Å²) in [5.41, 5.74) is 1.88. The van der Waals surface area contributed by atoms with Crippen molar-refractivity contribution in [1.82, 2.24) is 0 Å². The lowest BCUT2D eigenvalue weighted by Crippen LogP contribution is -2.01. The van der Waals surface area contributed by atoms with Gasteiger partial charge in [0, 0.05) is 0 Å². The summed E-state index contributed by atoms with van der Waals surface area (Å²) in [4.78, 5) is 24.3. The monoisotopic (exact) mass is 376 g/mol. The van der Waals surface area contributed by atoms with Gasteiger partial charge in [0.25, 0.3) is 0 Å². The predicted octanol–water partition coefficient (Wildman–Crippen LogP) is 6.25. The lowest BCUT2D eigenvalue weighted by Gasteiger charge is -1.99. The minimum Gasteiger partial charge on any atom is -0.294 e. The zero-order valence-electron chi connectivity index (χ0n) is 15.9. The number of allylic oxidation sites excluding steroid dienone is 2. The molecule has 0 amide bonds. The number of fused-ring (bicyclic) bond motifs is 2. The topological polar surface area (TPSA) is 34.1 Å². The van der Waals surface area contributed by atoms with Crippen LogP contribution in [0.2, 0.25) is 0 Å². The number of hydrogen-bond acceptors (Lipinski definition) is 2. The first-order valence-electron chi connectivity index (χ1n) is 9.57. The maximum Gasteiger partial charge on any atom is 0.163 e. The first kappa shape index (κ1) is 18.6. The summed E-state index contributed by atoms with van der Waals surface area (Å²) < 4.78 is 0. The van der Waals surface area contributed by atoms with Crippen LogP contribution in [0.4, 0.5) is 0 Å². The maximum atomic E-state index is 12.1. The number of rotatable bonds is 6. The van der Waals surface area contributed by atoms with E-state index in [1.807, 2.05) is 72.8 Å². The van der Waals surface area contributed by atoms with Crippen molar-refractivity contribution >= 4 is 45.3 Å². The van der Waals surface area contributed by atoms with E-state index in [4.69, 9.17) is 0 Å². The van der Waals surface area contributed by atoms with Crippen molar-refractivity contribution in [1.29, 1.82) is 0 Å². The van der Waals surface area contributed by atoms with E-state index in [1.54, 1.807) is 12.2 Å². The minimum absolute atomic E-state index is 0.131. The van der Waals surface area contributed by atoms with Gasteiger partial charge in [-0.05, 0) is 57.0 Å². The van der Waals surface area contributed by atoms with Crippen LogP contribution in [-0.2, 0) is 9.59 Å². The van der Waals surface area contributed by atoms with Crippen molar-refractivity contribution < 1.29 is 9.59 Å². The first-order chi connectivity index (χ1) is 14.2. The molecule has 0 atom stereocenters. The molecule has 0 fully saturated rings. The average Bonchev–Trinajstić information content (AvgIpc) is 2.76. The van der Waals surface area contributed by atoms with Crippen LogP contribution in [0.3, 0.4) is 0 Å². The van der Waals surface area contributed by atoms with Crippen molar-refractivity contribution in [2.75, 3.05) is 0 Å². The van der Waals surface area contributed by atoms with Crippen molar-refractivity contribution in [2.45, 2.75) is 6.42 Å². The van der Waals surface area contributed by atoms with Crippen LogP contribution < -0.4 is 0 Å². The Balaban J connectivity index is 1.38. The van der Waals surface area contributed by atoms with E-state index in [-0.39, 0.29) is 18.0 Å². The molecule has 0 unspecified atom stereocenters. The molecule has 0 radical (unpaired) electrons. The highest BCUT2D eigenvalue weighted by atomic mass is 16.1. The lowest BCUT2D eigenvalue weighted by atomic mass is 10.1. The largest absolute Gasteiger partial charge is 0.294 e. The van der Waals surface area contributed by atoms with E-state index in [2.05, 4.69) is 12.1 Å². The quantitative estimate of drug-likeness (QED) is 0.294. The van der Waals surface area contributed by atoms with Crippen LogP contribution in [0.15, 0.2) is 97.1 Å². The molecule has 4 aromatic carbocycles. The second-order valence-electron chi connectivity index (χ2n) is 6.99. The van der Waals surface area contributed by atoms with Gasteiger partial charge in [-0.25, -0.2) is 0 Å². The van der Waals surface area contributed by atoms with Crippen LogP contribution in [0.5, 0.6) is 0 Å². The summed E-state index contributed by atoms with van der Waals surface area (Å²) >= 11 is 0. The highest BCUT2D eigenvalue weighted by molar-refractivity contribution is 6.11. The Morgan fingerprint density at radius 1 is 0.552 bits per heavy atom. The van der Waals surface area contributed by atoms with Crippen LogP contribution >= 0.6 is 0 Å². The fourth-order valence-electron chi connectivity index (χ4n) is 3.29. The SMILES string of the molecule is O=C(C=Cc1ccc2ccccc2c1)CC(=O)C=Cc1ccc2ccccc2c1. The Morgan fingerprint density at radius 3 is 1.41 bits per heavy atom. The molecule has 0 aliphatic rings. The van der Waals surface area contributed by atoms with Gasteiger partial charge in [-0.2, -0.15) is 0 Å². The molecule has 0 bridgehead atoms. The average molecular weight is 376 g/mol. The van der Waals surface area contributed by atoms with Crippen LogP contribution in [0, 0.1) is 0 Å². The molecule has 140 valence electrons. The number of ketones is 2. The summed E-state index contributed by atoms with van der Waals surface area (Å²) in [6, 6.07) is 28.2. The Morgan fingerprint density at radius 2 is 0.966 bits per heavy atom. The smallest absolute Gasteiger partial charge is 0.163 e. The molecular formula is C27H20O2. The van der Waals surface area contributed by atoms with Gasteiger partial charge in [-0.15, -0.1) is 0 Å². The fourth-order valence-corrected chi connectivity index (χ4v) is 3.29. The zero-order chi connectivity index (χ0) is 20.1. The van der Waals surface area contributed by atoms with Crippen molar-refractivity contribution in [2.24, 2.45) is 0 Å². The molecule has 0 heterocycles. The number of hydrogen-bond donors (Lipinski definition) is 0. The van der Waals surface area contributed by atoms with Gasteiger partial charge in [0.15, 0.2) is 11.6 Å². The third-order valence-electron chi connectivity index (χ3n) is 4.82. The number of carbonyl (C=O) groups is 2. The van der Waals surface area contributed by atoms with Gasteiger partial charge >= 0.3 is 0 Å². The molecular weight excluding hydrogens is 356 g/mol. The Kier molecular flexibility index (Phi) is 5.44. The normalized spacial score (nSPS) is 11.6. The summed E-state index contributed by atoms with van der Waals surface area (Å²) in [6.45, 7) is 0. The molecule has 2 nitrogen and oxygen atoms in total. The molecule has 29 heavy (non-hydrogen) atoms. The zero-order valence-corrected chi connectivity index (χ0v) is 15.9. The summed E-state index contributed by atoms with van der Waals surface area (Å²) in [5.74, 6) is -0.405. The third-order valence-corrected chi connectivity index (χ3v) is 4.82. The molecule has 0 aliphatic carbocycles. The summed E-state index contributed by atoms with van der Waals surface area (Å²) in [6.07, 6.45) is 6.34. The van der Waals surface area contributed by atoms with Crippen LogP contribution in [0.25, 0.3) is 33.7 Å². The molecule has 2 heteroatoms. The molecule has 0 aromatic heterocycles. The molecule has 4 rings (SSSR count). The first-order valence-corrected chi connectivity index (χ1v) is 9.57. The van der Waals surface area contributed by atoms with Crippen molar-refractivity contribution in [3.8, 4) is 0 Å². The van der Waals surface area contributed by atoms with E-state index in [1.165, 1.54) is 12.2 Å². The van der Waals surface area contributed by atoms with Crippen molar-refractivity contribution in [3.63, 3.8) is 0 Å². The van der Waals surface area contributed by atoms with Gasteiger partial charge in [-0.3, -0.25) is 9.59 Å². The third kappa shape index (κ3) is 4.74. The molecule has 0 saturated carbocycles. The minimum atomic E-state index is -0.202. The van der Waals surface area contributed by atoms with Gasteiger partial charge in [-0.1, -0.05) is 84.9 Å². The second-order valence-corrected chi connectivity index (χ2v) is 6.99. The molecule has 4 aromatic rings. The fraction of sp³-hybridized carbons (Fsp3) is 0.0370. The highest BCUT2D eigenvalue weighted by Gasteiger charge is 2.04. The van der Waals surface area contributed by atoms with Crippen LogP contribution in [0.1, 0.15) is 17.5 Å². The molecule has 0 saturated heterocycles. The highest BCUT2D eigenvalue weighted by Crippen LogP contribution is 2.17. The van der Waals surface area contributed by atoms with E-state index in [0.29, 0.717) is 0 Å². The lowest BCUT2D eigenvalue weighted by molar-refractivity contribution is -0.121. The van der Waals surface area contributed by atoms with Crippen molar-refractivity contribution in [3.05, 3.63) is 108 Å². The molecule has 0 N–H and O–H groups in total. The van der Waals surface area contributed by atoms with Gasteiger partial charge in [0.2, 0.25) is 0 Å². The Bertz CT molecular complexity index is 1160. The van der Waals surface area contributed by atoms with E-state index in [9.17, 15) is 9.59 Å². The maximum absolute atomic E-state index is 12.1. The van der Waals surface area contributed by atoms with E-state index in [0.717, 1.165) is 32.7 Å². The predicted molar refractivity (Wildman–Crippen MR) is 121 cm³/mol. The second kappa shape index (κ2) is 8.49. The number of benzene rings is 4. The van der Waals surface area contributed by atoms with E-state index < -0.39 is 0 Å². The van der Waals surface area contributed by atoms with Gasteiger partial charge in [0.05, 0.1) is 6.42 Å². The van der Waals surface area contributed by atoms with Gasteiger partial charge in [0.1, 0.15) is 0 Å². The number of carbonyl (C=O) groups excluding carboxylic acids is 2. The van der Waals surface area contributed by atoms with Crippen LogP contribution in [-0.4, -0.2) is 11.6 Å². The molecule has 0 aliphatic heterocycles.